The second-order valence-corrected chi connectivity index (χ2v) is 3.88. The fourth-order valence-electron chi connectivity index (χ4n) is 1.13. The van der Waals surface area contributed by atoms with Crippen LogP contribution in [0.5, 0.6) is 0 Å². The molecule has 1 aromatic rings. The van der Waals surface area contributed by atoms with Gasteiger partial charge in [-0.1, -0.05) is 17.7 Å². The van der Waals surface area contributed by atoms with Gasteiger partial charge in [-0.25, -0.2) is 0 Å². The Balaban J connectivity index is 2.84. The Morgan fingerprint density at radius 3 is 2.14 bits per heavy atom. The standard InChI is InChI=1S/C12H17NO/c1-9(2)13(4)12(14)11-7-5-10(3)6-8-11/h5-9H,1-4H3. The van der Waals surface area contributed by atoms with Gasteiger partial charge in [-0.3, -0.25) is 4.79 Å². The smallest absolute Gasteiger partial charge is 0.253 e. The maximum Gasteiger partial charge on any atom is 0.253 e. The number of carbonyl (C=O) groups is 1. The first-order valence-electron chi connectivity index (χ1n) is 4.86. The van der Waals surface area contributed by atoms with Crippen molar-refractivity contribution >= 4 is 5.91 Å². The average Bonchev–Trinajstić information content (AvgIpc) is 2.16. The van der Waals surface area contributed by atoms with Crippen molar-refractivity contribution in [3.05, 3.63) is 35.4 Å². The summed E-state index contributed by atoms with van der Waals surface area (Å²) in [6.07, 6.45) is 0. The predicted molar refractivity (Wildman–Crippen MR) is 58.4 cm³/mol. The molecule has 0 spiro atoms. The fraction of sp³-hybridized carbons (Fsp3) is 0.417. The largest absolute Gasteiger partial charge is 0.339 e. The minimum Gasteiger partial charge on any atom is -0.339 e. The van der Waals surface area contributed by atoms with E-state index < -0.39 is 0 Å². The van der Waals surface area contributed by atoms with Gasteiger partial charge in [0.2, 0.25) is 0 Å². The van der Waals surface area contributed by atoms with Crippen LogP contribution < -0.4 is 0 Å². The van der Waals surface area contributed by atoms with Gasteiger partial charge >= 0.3 is 0 Å². The van der Waals surface area contributed by atoms with Gasteiger partial charge in [0.1, 0.15) is 0 Å². The van der Waals surface area contributed by atoms with E-state index >= 15 is 0 Å². The summed E-state index contributed by atoms with van der Waals surface area (Å²) in [5.74, 6) is 0.0833. The monoisotopic (exact) mass is 191 g/mol. The number of rotatable bonds is 2. The highest BCUT2D eigenvalue weighted by molar-refractivity contribution is 5.94. The summed E-state index contributed by atoms with van der Waals surface area (Å²) in [6.45, 7) is 6.03. The molecule has 0 aromatic heterocycles. The molecule has 0 saturated carbocycles. The van der Waals surface area contributed by atoms with Crippen molar-refractivity contribution in [1.82, 2.24) is 4.90 Å². The van der Waals surface area contributed by atoms with Gasteiger partial charge in [0, 0.05) is 18.7 Å². The molecule has 2 heteroatoms. The third kappa shape index (κ3) is 2.34. The number of nitrogens with zero attached hydrogens (tertiary/aromatic N) is 1. The molecule has 0 heterocycles. The van der Waals surface area contributed by atoms with Crippen molar-refractivity contribution in [2.75, 3.05) is 7.05 Å². The minimum atomic E-state index is 0.0833. The third-order valence-corrected chi connectivity index (χ3v) is 2.39. The van der Waals surface area contributed by atoms with Crippen LogP contribution in [0, 0.1) is 6.92 Å². The van der Waals surface area contributed by atoms with Crippen molar-refractivity contribution < 1.29 is 4.79 Å². The van der Waals surface area contributed by atoms with Crippen LogP contribution in [0.2, 0.25) is 0 Å². The summed E-state index contributed by atoms with van der Waals surface area (Å²) in [7, 11) is 1.83. The van der Waals surface area contributed by atoms with Gasteiger partial charge in [0.15, 0.2) is 0 Å². The lowest BCUT2D eigenvalue weighted by Crippen LogP contribution is -2.32. The second kappa shape index (κ2) is 4.27. The highest BCUT2D eigenvalue weighted by Gasteiger charge is 2.13. The number of aryl methyl sites for hydroxylation is 1. The van der Waals surface area contributed by atoms with Gasteiger partial charge in [-0.05, 0) is 32.9 Å². The Morgan fingerprint density at radius 1 is 1.21 bits per heavy atom. The first-order valence-corrected chi connectivity index (χ1v) is 4.86. The molecule has 2 nitrogen and oxygen atoms in total. The molecule has 0 aliphatic rings. The predicted octanol–water partition coefficient (Wildman–Crippen LogP) is 2.48. The van der Waals surface area contributed by atoms with Crippen molar-refractivity contribution in [1.29, 1.82) is 0 Å². The van der Waals surface area contributed by atoms with Gasteiger partial charge in [-0.15, -0.1) is 0 Å². The number of hydrogen-bond donors (Lipinski definition) is 0. The molecule has 1 aromatic carbocycles. The molecule has 0 unspecified atom stereocenters. The number of amides is 1. The quantitative estimate of drug-likeness (QED) is 0.703. The maximum atomic E-state index is 11.8. The van der Waals surface area contributed by atoms with E-state index in [4.69, 9.17) is 0 Å². The average molecular weight is 191 g/mol. The zero-order chi connectivity index (χ0) is 10.7. The normalized spacial score (nSPS) is 10.4. The van der Waals surface area contributed by atoms with Crippen molar-refractivity contribution in [3.8, 4) is 0 Å². The Hall–Kier alpha value is -1.31. The molecule has 0 fully saturated rings. The van der Waals surface area contributed by atoms with Crippen LogP contribution in [0.15, 0.2) is 24.3 Å². The van der Waals surface area contributed by atoms with Crippen LogP contribution in [0.1, 0.15) is 29.8 Å². The molecule has 0 N–H and O–H groups in total. The SMILES string of the molecule is Cc1ccc(C(=O)N(C)C(C)C)cc1. The summed E-state index contributed by atoms with van der Waals surface area (Å²) in [4.78, 5) is 13.6. The Labute approximate surface area is 85.5 Å². The summed E-state index contributed by atoms with van der Waals surface area (Å²) >= 11 is 0. The summed E-state index contributed by atoms with van der Waals surface area (Å²) in [6, 6.07) is 7.90. The Kier molecular flexibility index (Phi) is 3.28. The van der Waals surface area contributed by atoms with Crippen LogP contribution >= 0.6 is 0 Å². The second-order valence-electron chi connectivity index (χ2n) is 3.88. The maximum absolute atomic E-state index is 11.8. The van der Waals surface area contributed by atoms with Crippen molar-refractivity contribution in [2.45, 2.75) is 26.8 Å². The number of hydrogen-bond acceptors (Lipinski definition) is 1. The lowest BCUT2D eigenvalue weighted by Gasteiger charge is -2.21. The molecule has 0 radical (unpaired) electrons. The molecule has 1 rings (SSSR count). The van der Waals surface area contributed by atoms with Crippen LogP contribution in [0.3, 0.4) is 0 Å². The third-order valence-electron chi connectivity index (χ3n) is 2.39. The van der Waals surface area contributed by atoms with E-state index in [1.54, 1.807) is 4.90 Å². The van der Waals surface area contributed by atoms with E-state index in [9.17, 15) is 4.79 Å². The lowest BCUT2D eigenvalue weighted by molar-refractivity contribution is 0.0755. The Bertz CT molecular complexity index is 314. The van der Waals surface area contributed by atoms with E-state index in [2.05, 4.69) is 0 Å². The molecular weight excluding hydrogens is 174 g/mol. The van der Waals surface area contributed by atoms with Crippen molar-refractivity contribution in [3.63, 3.8) is 0 Å². The van der Waals surface area contributed by atoms with E-state index in [0.717, 1.165) is 5.56 Å². The summed E-state index contributed by atoms with van der Waals surface area (Å²) in [5, 5.41) is 0. The molecule has 0 aliphatic heterocycles. The molecule has 0 atom stereocenters. The molecule has 76 valence electrons. The molecule has 1 amide bonds. The van der Waals surface area contributed by atoms with Gasteiger partial charge in [-0.2, -0.15) is 0 Å². The zero-order valence-electron chi connectivity index (χ0n) is 9.24. The molecular formula is C12H17NO. The number of carbonyl (C=O) groups excluding carboxylic acids is 1. The first kappa shape index (κ1) is 10.8. The molecule has 14 heavy (non-hydrogen) atoms. The van der Waals surface area contributed by atoms with Crippen molar-refractivity contribution in [2.24, 2.45) is 0 Å². The van der Waals surface area contributed by atoms with Crippen LogP contribution in [0.25, 0.3) is 0 Å². The minimum absolute atomic E-state index is 0.0833. The van der Waals surface area contributed by atoms with E-state index in [0.29, 0.717) is 0 Å². The molecule has 0 saturated heterocycles. The topological polar surface area (TPSA) is 20.3 Å². The number of benzene rings is 1. The van der Waals surface area contributed by atoms with Gasteiger partial charge < -0.3 is 4.90 Å². The van der Waals surface area contributed by atoms with Crippen LogP contribution in [0.4, 0.5) is 0 Å². The lowest BCUT2D eigenvalue weighted by atomic mass is 10.1. The van der Waals surface area contributed by atoms with E-state index in [1.165, 1.54) is 5.56 Å². The van der Waals surface area contributed by atoms with E-state index in [1.807, 2.05) is 52.1 Å². The zero-order valence-corrected chi connectivity index (χ0v) is 9.24. The molecule has 0 aliphatic carbocycles. The Morgan fingerprint density at radius 2 is 1.71 bits per heavy atom. The summed E-state index contributed by atoms with van der Waals surface area (Å²) in [5.41, 5.74) is 1.93. The first-order chi connectivity index (χ1) is 6.52. The van der Waals surface area contributed by atoms with Crippen LogP contribution in [-0.2, 0) is 0 Å². The van der Waals surface area contributed by atoms with Gasteiger partial charge in [0.25, 0.3) is 5.91 Å². The van der Waals surface area contributed by atoms with E-state index in [-0.39, 0.29) is 11.9 Å². The van der Waals surface area contributed by atoms with Crippen LogP contribution in [-0.4, -0.2) is 23.9 Å². The molecule has 0 bridgehead atoms. The summed E-state index contributed by atoms with van der Waals surface area (Å²) < 4.78 is 0. The highest BCUT2D eigenvalue weighted by atomic mass is 16.2. The fourth-order valence-corrected chi connectivity index (χ4v) is 1.13. The van der Waals surface area contributed by atoms with Gasteiger partial charge in [0.05, 0.1) is 0 Å². The highest BCUT2D eigenvalue weighted by Crippen LogP contribution is 2.07.